The summed E-state index contributed by atoms with van der Waals surface area (Å²) in [4.78, 5) is 21.6. The van der Waals surface area contributed by atoms with Gasteiger partial charge in [-0.15, -0.1) is 0 Å². The van der Waals surface area contributed by atoms with E-state index in [0.29, 0.717) is 11.4 Å². The van der Waals surface area contributed by atoms with Crippen LogP contribution in [0.2, 0.25) is 5.02 Å². The molecule has 0 aliphatic carbocycles. The van der Waals surface area contributed by atoms with Gasteiger partial charge >= 0.3 is 11.9 Å². The minimum Gasteiger partial charge on any atom is -0.478 e. The Hall–Kier alpha value is -2.33. The van der Waals surface area contributed by atoms with Gasteiger partial charge in [0.05, 0.1) is 11.1 Å². The molecule has 2 aromatic carbocycles. The number of aromatic carboxylic acids is 2. The zero-order valence-electron chi connectivity index (χ0n) is 10.3. The van der Waals surface area contributed by atoms with Crippen LogP contribution in [0.4, 0.5) is 0 Å². The summed E-state index contributed by atoms with van der Waals surface area (Å²) in [6.45, 7) is 0. The van der Waals surface area contributed by atoms with Gasteiger partial charge in [0.15, 0.2) is 0 Å². The lowest BCUT2D eigenvalue weighted by atomic mass is 10.0. The third-order valence-electron chi connectivity index (χ3n) is 2.90. The van der Waals surface area contributed by atoms with Gasteiger partial charge in [0.25, 0.3) is 0 Å². The molecule has 0 heterocycles. The van der Waals surface area contributed by atoms with Crippen molar-refractivity contribution in [1.82, 2.24) is 0 Å². The van der Waals surface area contributed by atoms with Gasteiger partial charge in [0.2, 0.25) is 0 Å². The normalized spacial score (nSPS) is 10.2. The van der Waals surface area contributed by atoms with E-state index in [1.165, 1.54) is 24.3 Å². The fourth-order valence-electron chi connectivity index (χ4n) is 1.81. The summed E-state index contributed by atoms with van der Waals surface area (Å²) < 4.78 is 0. The monoisotopic (exact) mass is 290 g/mol. The number of carboxylic acid groups (broad SMARTS) is 2. The highest BCUT2D eigenvalue weighted by atomic mass is 35.5. The number of halogens is 1. The Morgan fingerprint density at radius 1 is 0.900 bits per heavy atom. The first kappa shape index (κ1) is 14.1. The molecule has 2 aromatic rings. The third-order valence-corrected chi connectivity index (χ3v) is 3.25. The Morgan fingerprint density at radius 2 is 1.45 bits per heavy atom. The molecule has 0 bridgehead atoms. The van der Waals surface area contributed by atoms with Crippen molar-refractivity contribution < 1.29 is 19.8 Å². The molecule has 0 aliphatic rings. The van der Waals surface area contributed by atoms with Crippen molar-refractivity contribution in [3.05, 3.63) is 69.7 Å². The predicted octanol–water partition coefficient (Wildman–Crippen LogP) is 3.33. The minimum atomic E-state index is -1.02. The van der Waals surface area contributed by atoms with Crippen molar-refractivity contribution in [2.45, 2.75) is 6.42 Å². The van der Waals surface area contributed by atoms with Gasteiger partial charge in [0.1, 0.15) is 0 Å². The molecule has 4 nitrogen and oxygen atoms in total. The van der Waals surface area contributed by atoms with Gasteiger partial charge in [-0.25, -0.2) is 9.59 Å². The molecule has 0 unspecified atom stereocenters. The summed E-state index contributed by atoms with van der Waals surface area (Å²) in [6.07, 6.45) is 0.513. The number of hydrogen-bond donors (Lipinski definition) is 2. The van der Waals surface area contributed by atoms with E-state index in [1.54, 1.807) is 18.2 Å². The number of rotatable bonds is 4. The highest BCUT2D eigenvalue weighted by Crippen LogP contribution is 2.21. The van der Waals surface area contributed by atoms with Crippen molar-refractivity contribution >= 4 is 23.5 Å². The Balaban J connectivity index is 2.21. The molecule has 0 fully saturated rings. The van der Waals surface area contributed by atoms with Crippen molar-refractivity contribution in [2.24, 2.45) is 0 Å². The highest BCUT2D eigenvalue weighted by molar-refractivity contribution is 6.31. The molecular formula is C15H11ClO4. The summed E-state index contributed by atoms with van der Waals surface area (Å²) >= 11 is 6.05. The first-order valence-electron chi connectivity index (χ1n) is 5.81. The average molecular weight is 291 g/mol. The van der Waals surface area contributed by atoms with Crippen LogP contribution in [0.5, 0.6) is 0 Å². The predicted molar refractivity (Wildman–Crippen MR) is 74.6 cm³/mol. The van der Waals surface area contributed by atoms with E-state index in [9.17, 15) is 9.59 Å². The molecule has 2 N–H and O–H groups in total. The summed E-state index contributed by atoms with van der Waals surface area (Å²) in [6, 6.07) is 11.0. The van der Waals surface area contributed by atoms with E-state index in [0.717, 1.165) is 11.1 Å². The second-order valence-corrected chi connectivity index (χ2v) is 4.70. The molecule has 0 aromatic heterocycles. The van der Waals surface area contributed by atoms with E-state index in [1.807, 2.05) is 0 Å². The SMILES string of the molecule is O=C(O)c1ccc(Cc2ccc(C(=O)O)cc2Cl)cc1. The van der Waals surface area contributed by atoms with Crippen LogP contribution < -0.4 is 0 Å². The van der Waals surface area contributed by atoms with E-state index in [2.05, 4.69) is 0 Å². The molecule has 0 saturated heterocycles. The lowest BCUT2D eigenvalue weighted by Crippen LogP contribution is -1.99. The van der Waals surface area contributed by atoms with Gasteiger partial charge in [-0.05, 0) is 41.8 Å². The van der Waals surface area contributed by atoms with Crippen LogP contribution in [0, 0.1) is 0 Å². The maximum Gasteiger partial charge on any atom is 0.335 e. The van der Waals surface area contributed by atoms with Crippen LogP contribution in [0.3, 0.4) is 0 Å². The number of carboxylic acids is 2. The van der Waals surface area contributed by atoms with Crippen molar-refractivity contribution in [3.8, 4) is 0 Å². The fraction of sp³-hybridized carbons (Fsp3) is 0.0667. The van der Waals surface area contributed by atoms with Crippen LogP contribution in [0.25, 0.3) is 0 Å². The second kappa shape index (κ2) is 5.75. The standard InChI is InChI=1S/C15H11ClO4/c16-13-8-12(15(19)20)6-5-11(13)7-9-1-3-10(4-2-9)14(17)18/h1-6,8H,7H2,(H,17,18)(H,19,20). The Kier molecular flexibility index (Phi) is 4.05. The highest BCUT2D eigenvalue weighted by Gasteiger charge is 2.08. The van der Waals surface area contributed by atoms with Gasteiger partial charge in [-0.3, -0.25) is 0 Å². The molecule has 0 atom stereocenters. The van der Waals surface area contributed by atoms with Gasteiger partial charge in [-0.1, -0.05) is 29.8 Å². The van der Waals surface area contributed by atoms with Crippen molar-refractivity contribution in [2.75, 3.05) is 0 Å². The molecule has 0 saturated carbocycles. The van der Waals surface area contributed by atoms with Gasteiger partial charge in [0, 0.05) is 5.02 Å². The van der Waals surface area contributed by atoms with E-state index >= 15 is 0 Å². The number of carbonyl (C=O) groups is 2. The topological polar surface area (TPSA) is 74.6 Å². The zero-order chi connectivity index (χ0) is 14.7. The maximum absolute atomic E-state index is 10.8. The maximum atomic E-state index is 10.8. The van der Waals surface area contributed by atoms with Crippen LogP contribution >= 0.6 is 11.6 Å². The molecule has 5 heteroatoms. The van der Waals surface area contributed by atoms with Gasteiger partial charge < -0.3 is 10.2 Å². The minimum absolute atomic E-state index is 0.139. The fourth-order valence-corrected chi connectivity index (χ4v) is 2.06. The molecule has 0 spiro atoms. The summed E-state index contributed by atoms with van der Waals surface area (Å²) in [7, 11) is 0. The number of benzene rings is 2. The summed E-state index contributed by atoms with van der Waals surface area (Å²) in [5, 5.41) is 18.1. The molecule has 0 aliphatic heterocycles. The summed E-state index contributed by atoms with van der Waals surface area (Å²) in [5.41, 5.74) is 2.06. The van der Waals surface area contributed by atoms with Crippen LogP contribution in [-0.4, -0.2) is 22.2 Å². The van der Waals surface area contributed by atoms with Gasteiger partial charge in [-0.2, -0.15) is 0 Å². The van der Waals surface area contributed by atoms with E-state index in [4.69, 9.17) is 21.8 Å². The quantitative estimate of drug-likeness (QED) is 0.906. The first-order valence-corrected chi connectivity index (χ1v) is 6.19. The smallest absolute Gasteiger partial charge is 0.335 e. The lowest BCUT2D eigenvalue weighted by molar-refractivity contribution is 0.0686. The van der Waals surface area contributed by atoms with Crippen molar-refractivity contribution in [3.63, 3.8) is 0 Å². The molecule has 0 radical (unpaired) electrons. The molecular weight excluding hydrogens is 280 g/mol. The third kappa shape index (κ3) is 3.16. The van der Waals surface area contributed by atoms with E-state index < -0.39 is 11.9 Å². The zero-order valence-corrected chi connectivity index (χ0v) is 11.1. The largest absolute Gasteiger partial charge is 0.478 e. The lowest BCUT2D eigenvalue weighted by Gasteiger charge is -2.06. The molecule has 20 heavy (non-hydrogen) atoms. The molecule has 0 amide bonds. The van der Waals surface area contributed by atoms with Crippen LogP contribution in [0.15, 0.2) is 42.5 Å². The molecule has 2 rings (SSSR count). The number of hydrogen-bond acceptors (Lipinski definition) is 2. The van der Waals surface area contributed by atoms with Crippen molar-refractivity contribution in [1.29, 1.82) is 0 Å². The Bertz CT molecular complexity index is 662. The average Bonchev–Trinajstić information content (AvgIpc) is 2.41. The first-order chi connectivity index (χ1) is 9.47. The summed E-state index contributed by atoms with van der Waals surface area (Å²) in [5.74, 6) is -2.00. The molecule has 102 valence electrons. The Morgan fingerprint density at radius 3 is 1.95 bits per heavy atom. The van der Waals surface area contributed by atoms with E-state index in [-0.39, 0.29) is 11.1 Å². The van der Waals surface area contributed by atoms with Crippen LogP contribution in [0.1, 0.15) is 31.8 Å². The second-order valence-electron chi connectivity index (χ2n) is 4.29. The Labute approximate surface area is 120 Å². The van der Waals surface area contributed by atoms with Crippen LogP contribution in [-0.2, 0) is 6.42 Å².